The Balaban J connectivity index is 1.69. The molecule has 3 N–H and O–H groups in total. The van der Waals surface area contributed by atoms with E-state index in [0.717, 1.165) is 28.8 Å². The number of benzene rings is 2. The summed E-state index contributed by atoms with van der Waals surface area (Å²) in [5.74, 6) is -6.51. The van der Waals surface area contributed by atoms with Gasteiger partial charge in [-0.15, -0.1) is 0 Å². The van der Waals surface area contributed by atoms with Gasteiger partial charge in [0.15, 0.2) is 11.5 Å². The summed E-state index contributed by atoms with van der Waals surface area (Å²) in [5.41, 5.74) is -1.26. The van der Waals surface area contributed by atoms with Gasteiger partial charge >= 0.3 is 0 Å². The summed E-state index contributed by atoms with van der Waals surface area (Å²) in [5, 5.41) is 22.5. The Morgan fingerprint density at radius 1 is 0.974 bits per heavy atom. The fourth-order valence-electron chi connectivity index (χ4n) is 4.43. The lowest BCUT2D eigenvalue weighted by atomic mass is 10.0. The van der Waals surface area contributed by atoms with Gasteiger partial charge in [0, 0.05) is 36.4 Å². The predicted molar refractivity (Wildman–Crippen MR) is 132 cm³/mol. The van der Waals surface area contributed by atoms with E-state index < -0.39 is 70.5 Å². The van der Waals surface area contributed by atoms with E-state index in [9.17, 15) is 42.2 Å². The summed E-state index contributed by atoms with van der Waals surface area (Å²) in [6, 6.07) is 6.18. The maximum Gasteiger partial charge on any atom is 0.286 e. The van der Waals surface area contributed by atoms with E-state index in [-0.39, 0.29) is 23.1 Å². The Kier molecular flexibility index (Phi) is 8.29. The summed E-state index contributed by atoms with van der Waals surface area (Å²) >= 11 is 0. The lowest BCUT2D eigenvalue weighted by Crippen LogP contribution is -2.40. The summed E-state index contributed by atoms with van der Waals surface area (Å²) in [7, 11) is 0. The van der Waals surface area contributed by atoms with Gasteiger partial charge in [-0.25, -0.2) is 17.6 Å². The molecule has 3 aromatic rings. The molecule has 0 aliphatic heterocycles. The molecule has 1 amide bonds. The predicted octanol–water partition coefficient (Wildman–Crippen LogP) is 3.70. The van der Waals surface area contributed by atoms with Crippen molar-refractivity contribution in [2.24, 2.45) is 0 Å². The standard InChI is InChI=1S/C28H24F4N2O5/c29-18-6-4-16(21(31)10-18)8-15-9-20(25(36)12-26(37)27(38)33-23-2-1-3-24(23)35)28(39)34(13-15)14-17-5-7-19(30)11-22(17)32/h4-7,9-13,23-24,35,37H,1-3,8,14H2,(H,33,38)/b26-12-. The van der Waals surface area contributed by atoms with Gasteiger partial charge in [0.1, 0.15) is 23.3 Å². The maximum atomic E-state index is 14.3. The van der Waals surface area contributed by atoms with Gasteiger partial charge in [0.05, 0.1) is 24.3 Å². The molecule has 4 rings (SSSR count). The highest BCUT2D eigenvalue weighted by atomic mass is 19.1. The van der Waals surface area contributed by atoms with Gasteiger partial charge in [-0.3, -0.25) is 14.4 Å². The lowest BCUT2D eigenvalue weighted by molar-refractivity contribution is -0.121. The summed E-state index contributed by atoms with van der Waals surface area (Å²) in [4.78, 5) is 38.5. The number of hydrogen-bond donors (Lipinski definition) is 3. The zero-order chi connectivity index (χ0) is 28.3. The second kappa shape index (κ2) is 11.6. The highest BCUT2D eigenvalue weighted by Gasteiger charge is 2.28. The fraction of sp³-hybridized carbons (Fsp3) is 0.250. The van der Waals surface area contributed by atoms with Crippen LogP contribution in [0.15, 0.2) is 65.3 Å². The van der Waals surface area contributed by atoms with Crippen LogP contribution >= 0.6 is 0 Å². The summed E-state index contributed by atoms with van der Waals surface area (Å²) in [6.45, 7) is -0.416. The number of nitrogens with one attached hydrogen (secondary N) is 1. The maximum absolute atomic E-state index is 14.3. The third-order valence-electron chi connectivity index (χ3n) is 6.47. The first kappa shape index (κ1) is 27.8. The van der Waals surface area contributed by atoms with E-state index in [1.165, 1.54) is 12.3 Å². The second-order valence-electron chi connectivity index (χ2n) is 9.32. The van der Waals surface area contributed by atoms with Crippen molar-refractivity contribution in [3.8, 4) is 0 Å². The zero-order valence-electron chi connectivity index (χ0n) is 20.5. The van der Waals surface area contributed by atoms with Crippen LogP contribution in [-0.4, -0.2) is 38.6 Å². The van der Waals surface area contributed by atoms with Crippen LogP contribution in [0.4, 0.5) is 17.6 Å². The van der Waals surface area contributed by atoms with Gasteiger partial charge in [0.2, 0.25) is 0 Å². The topological polar surface area (TPSA) is 109 Å². The van der Waals surface area contributed by atoms with Crippen molar-refractivity contribution in [2.45, 2.75) is 44.4 Å². The molecule has 7 nitrogen and oxygen atoms in total. The Morgan fingerprint density at radius 3 is 2.21 bits per heavy atom. The largest absolute Gasteiger partial charge is 0.503 e. The van der Waals surface area contributed by atoms with Crippen LogP contribution < -0.4 is 10.9 Å². The van der Waals surface area contributed by atoms with E-state index in [0.29, 0.717) is 37.5 Å². The van der Waals surface area contributed by atoms with Crippen LogP contribution in [0.2, 0.25) is 0 Å². The number of aliphatic hydroxyl groups excluding tert-OH is 2. The summed E-state index contributed by atoms with van der Waals surface area (Å²) in [6.07, 6.45) is 2.45. The smallest absolute Gasteiger partial charge is 0.286 e. The number of carbonyl (C=O) groups excluding carboxylic acids is 2. The van der Waals surface area contributed by atoms with Crippen molar-refractivity contribution in [3.05, 3.63) is 116 Å². The Morgan fingerprint density at radius 2 is 1.62 bits per heavy atom. The van der Waals surface area contributed by atoms with E-state index in [1.807, 2.05) is 0 Å². The Labute approximate surface area is 220 Å². The fourth-order valence-corrected chi connectivity index (χ4v) is 4.43. The number of hydrogen-bond acceptors (Lipinski definition) is 5. The van der Waals surface area contributed by atoms with E-state index >= 15 is 0 Å². The van der Waals surface area contributed by atoms with Crippen LogP contribution in [0.3, 0.4) is 0 Å². The van der Waals surface area contributed by atoms with Crippen LogP contribution in [0.1, 0.15) is 46.3 Å². The number of amides is 1. The van der Waals surface area contributed by atoms with Gasteiger partial charge in [-0.1, -0.05) is 12.1 Å². The molecule has 1 aromatic heterocycles. The minimum absolute atomic E-state index is 0.0425. The van der Waals surface area contributed by atoms with Crippen molar-refractivity contribution in [2.75, 3.05) is 0 Å². The van der Waals surface area contributed by atoms with Crippen LogP contribution in [-0.2, 0) is 17.8 Å². The second-order valence-corrected chi connectivity index (χ2v) is 9.32. The zero-order valence-corrected chi connectivity index (χ0v) is 20.5. The molecule has 1 saturated carbocycles. The number of rotatable bonds is 8. The average molecular weight is 545 g/mol. The SMILES string of the molecule is O=C(NC1CCCC1O)/C(O)=C/C(=O)c1cc(Cc2ccc(F)cc2F)cn(Cc2ccc(F)cc2F)c1=O. The third kappa shape index (κ3) is 6.61. The van der Waals surface area contributed by atoms with Crippen LogP contribution in [0, 0.1) is 23.3 Å². The van der Waals surface area contributed by atoms with Gasteiger partial charge < -0.3 is 20.1 Å². The first-order valence-electron chi connectivity index (χ1n) is 12.1. The highest BCUT2D eigenvalue weighted by Crippen LogP contribution is 2.20. The number of pyridine rings is 1. The monoisotopic (exact) mass is 544 g/mol. The van der Waals surface area contributed by atoms with Crippen LogP contribution in [0.5, 0.6) is 0 Å². The molecule has 1 fully saturated rings. The van der Waals surface area contributed by atoms with Crippen molar-refractivity contribution in [1.82, 2.24) is 9.88 Å². The molecule has 1 heterocycles. The molecule has 2 aromatic carbocycles. The van der Waals surface area contributed by atoms with Crippen molar-refractivity contribution in [1.29, 1.82) is 0 Å². The van der Waals surface area contributed by atoms with E-state index in [2.05, 4.69) is 5.32 Å². The number of allylic oxidation sites excluding steroid dienone is 1. The normalized spacial score (nSPS) is 17.3. The van der Waals surface area contributed by atoms with Crippen molar-refractivity contribution < 1.29 is 37.4 Å². The Hall–Kier alpha value is -4.25. The molecule has 1 aliphatic carbocycles. The molecule has 0 radical (unpaired) electrons. The molecular weight excluding hydrogens is 520 g/mol. The lowest BCUT2D eigenvalue weighted by Gasteiger charge is -2.15. The molecule has 2 atom stereocenters. The van der Waals surface area contributed by atoms with Crippen LogP contribution in [0.25, 0.3) is 0 Å². The number of nitrogens with zero attached hydrogens (tertiary/aromatic N) is 1. The average Bonchev–Trinajstić information content (AvgIpc) is 3.28. The number of carbonyl (C=O) groups is 2. The molecule has 2 unspecified atom stereocenters. The van der Waals surface area contributed by atoms with Gasteiger partial charge in [-0.2, -0.15) is 0 Å². The minimum atomic E-state index is -1.06. The number of aliphatic hydroxyl groups is 2. The Bertz CT molecular complexity index is 1520. The number of aromatic nitrogens is 1. The molecule has 11 heteroatoms. The molecule has 0 saturated heterocycles. The van der Waals surface area contributed by atoms with E-state index in [1.54, 1.807) is 0 Å². The molecule has 0 bridgehead atoms. The van der Waals surface area contributed by atoms with E-state index in [4.69, 9.17) is 0 Å². The first-order chi connectivity index (χ1) is 18.5. The minimum Gasteiger partial charge on any atom is -0.503 e. The molecular formula is C28H24F4N2O5. The number of ketones is 1. The molecule has 1 aliphatic rings. The first-order valence-corrected chi connectivity index (χ1v) is 12.1. The number of halogens is 4. The quantitative estimate of drug-likeness (QED) is 0.174. The highest BCUT2D eigenvalue weighted by molar-refractivity contribution is 6.08. The molecule has 204 valence electrons. The third-order valence-corrected chi connectivity index (χ3v) is 6.47. The summed E-state index contributed by atoms with van der Waals surface area (Å²) < 4.78 is 56.3. The van der Waals surface area contributed by atoms with Gasteiger partial charge in [-0.05, 0) is 48.6 Å². The van der Waals surface area contributed by atoms with Crippen molar-refractivity contribution >= 4 is 11.7 Å². The molecule has 39 heavy (non-hydrogen) atoms. The van der Waals surface area contributed by atoms with Gasteiger partial charge in [0.25, 0.3) is 11.5 Å². The van der Waals surface area contributed by atoms with Crippen molar-refractivity contribution in [3.63, 3.8) is 0 Å². The molecule has 0 spiro atoms.